The predicted molar refractivity (Wildman–Crippen MR) is 84.1 cm³/mol. The van der Waals surface area contributed by atoms with Crippen LogP contribution in [0.4, 0.5) is 0 Å². The van der Waals surface area contributed by atoms with E-state index in [0.29, 0.717) is 23.5 Å². The molecule has 2 aliphatic heterocycles. The van der Waals surface area contributed by atoms with Crippen molar-refractivity contribution in [2.45, 2.75) is 13.3 Å². The molecule has 0 bridgehead atoms. The monoisotopic (exact) mass is 328 g/mol. The van der Waals surface area contributed by atoms with E-state index in [-0.39, 0.29) is 42.0 Å². The van der Waals surface area contributed by atoms with E-state index in [9.17, 15) is 15.0 Å². The van der Waals surface area contributed by atoms with Gasteiger partial charge in [0.2, 0.25) is 6.79 Å². The quantitative estimate of drug-likeness (QED) is 0.881. The van der Waals surface area contributed by atoms with Crippen LogP contribution in [0.1, 0.15) is 21.5 Å². The Morgan fingerprint density at radius 3 is 2.71 bits per heavy atom. The fourth-order valence-electron chi connectivity index (χ4n) is 3.12. The number of aromatic hydroxyl groups is 2. The molecule has 2 N–H and O–H groups in total. The topological polar surface area (TPSA) is 85.2 Å². The zero-order valence-electron chi connectivity index (χ0n) is 13.0. The van der Waals surface area contributed by atoms with Crippen molar-refractivity contribution in [3.63, 3.8) is 0 Å². The van der Waals surface area contributed by atoms with Gasteiger partial charge in [0.1, 0.15) is 22.8 Å². The summed E-state index contributed by atoms with van der Waals surface area (Å²) >= 11 is 0. The van der Waals surface area contributed by atoms with Crippen molar-refractivity contribution in [3.8, 4) is 28.7 Å². The maximum Gasteiger partial charge on any atom is 0.231 e. The first-order chi connectivity index (χ1) is 11.5. The highest BCUT2D eigenvalue weighted by atomic mass is 16.7. The van der Waals surface area contributed by atoms with E-state index in [4.69, 9.17) is 14.2 Å². The Labute approximate surface area is 138 Å². The number of carbonyl (C=O) groups is 1. The van der Waals surface area contributed by atoms with Crippen molar-refractivity contribution in [2.75, 3.05) is 13.4 Å². The van der Waals surface area contributed by atoms with Gasteiger partial charge in [0.15, 0.2) is 17.3 Å². The predicted octanol–water partition coefficient (Wildman–Crippen LogP) is 2.57. The Hall–Kier alpha value is -2.89. The minimum absolute atomic E-state index is 0.0896. The molecule has 0 radical (unpaired) electrons. The van der Waals surface area contributed by atoms with E-state index >= 15 is 0 Å². The largest absolute Gasteiger partial charge is 0.507 e. The van der Waals surface area contributed by atoms with E-state index < -0.39 is 5.92 Å². The average Bonchev–Trinajstić information content (AvgIpc) is 3.02. The highest BCUT2D eigenvalue weighted by molar-refractivity contribution is 6.04. The first-order valence-electron chi connectivity index (χ1n) is 7.65. The maximum absolute atomic E-state index is 12.8. The lowest BCUT2D eigenvalue weighted by molar-refractivity contribution is 0.0824. The lowest BCUT2D eigenvalue weighted by Crippen LogP contribution is -2.30. The number of Topliss-reactive ketones (excluding diaryl/α,β-unsaturated/α-hetero) is 1. The van der Waals surface area contributed by atoms with Crippen LogP contribution < -0.4 is 14.2 Å². The van der Waals surface area contributed by atoms with E-state index in [1.807, 2.05) is 18.2 Å². The Kier molecular flexibility index (Phi) is 3.26. The molecule has 6 nitrogen and oxygen atoms in total. The third-order valence-corrected chi connectivity index (χ3v) is 4.45. The van der Waals surface area contributed by atoms with Crippen LogP contribution in [0.5, 0.6) is 28.7 Å². The Bertz CT molecular complexity index is 842. The minimum Gasteiger partial charge on any atom is -0.507 e. The lowest BCUT2D eigenvalue weighted by atomic mass is 9.88. The fourth-order valence-corrected chi connectivity index (χ4v) is 3.12. The number of phenols is 2. The van der Waals surface area contributed by atoms with Crippen LogP contribution in [0.2, 0.25) is 0 Å². The third-order valence-electron chi connectivity index (χ3n) is 4.45. The van der Waals surface area contributed by atoms with Crippen molar-refractivity contribution in [1.29, 1.82) is 0 Å². The van der Waals surface area contributed by atoms with Gasteiger partial charge in [-0.2, -0.15) is 0 Å². The van der Waals surface area contributed by atoms with Gasteiger partial charge in [0, 0.05) is 11.6 Å². The molecule has 0 saturated heterocycles. The zero-order chi connectivity index (χ0) is 16.8. The second-order valence-electron chi connectivity index (χ2n) is 6.01. The van der Waals surface area contributed by atoms with Gasteiger partial charge < -0.3 is 24.4 Å². The molecule has 0 saturated carbocycles. The second kappa shape index (κ2) is 5.33. The Balaban J connectivity index is 1.63. The molecule has 0 spiro atoms. The number of rotatable bonds is 2. The molecule has 0 fully saturated rings. The Morgan fingerprint density at radius 1 is 1.08 bits per heavy atom. The summed E-state index contributed by atoms with van der Waals surface area (Å²) in [6, 6.07) is 6.74. The van der Waals surface area contributed by atoms with Crippen LogP contribution in [-0.2, 0) is 6.42 Å². The van der Waals surface area contributed by atoms with Gasteiger partial charge in [0.25, 0.3) is 0 Å². The Morgan fingerprint density at radius 2 is 1.88 bits per heavy atom. The number of hydrogen-bond donors (Lipinski definition) is 2. The van der Waals surface area contributed by atoms with Gasteiger partial charge >= 0.3 is 0 Å². The molecule has 2 aromatic rings. The van der Waals surface area contributed by atoms with Crippen molar-refractivity contribution < 1.29 is 29.2 Å². The summed E-state index contributed by atoms with van der Waals surface area (Å²) in [5.74, 6) is 0.683. The molecule has 0 amide bonds. The van der Waals surface area contributed by atoms with Crippen molar-refractivity contribution in [2.24, 2.45) is 5.92 Å². The molecular weight excluding hydrogens is 312 g/mol. The molecule has 24 heavy (non-hydrogen) atoms. The zero-order valence-corrected chi connectivity index (χ0v) is 13.0. The molecule has 2 aliphatic rings. The number of benzene rings is 2. The molecule has 1 atom stereocenters. The van der Waals surface area contributed by atoms with E-state index in [0.717, 1.165) is 5.56 Å². The van der Waals surface area contributed by atoms with Gasteiger partial charge in [-0.1, -0.05) is 6.07 Å². The summed E-state index contributed by atoms with van der Waals surface area (Å²) in [6.07, 6.45) is 0.467. The first-order valence-corrected chi connectivity index (χ1v) is 7.65. The summed E-state index contributed by atoms with van der Waals surface area (Å²) in [7, 11) is 0. The molecule has 0 aromatic heterocycles. The fraction of sp³-hybridized carbons (Fsp3) is 0.278. The minimum atomic E-state index is -0.410. The van der Waals surface area contributed by atoms with Gasteiger partial charge in [-0.25, -0.2) is 0 Å². The number of ketones is 1. The number of carbonyl (C=O) groups excluding carboxylic acids is 1. The molecule has 124 valence electrons. The van der Waals surface area contributed by atoms with Crippen LogP contribution in [0.15, 0.2) is 24.3 Å². The molecule has 2 heterocycles. The van der Waals surface area contributed by atoms with E-state index in [1.165, 1.54) is 6.07 Å². The number of fused-ring (bicyclic) bond motifs is 2. The molecular formula is C18H16O6. The maximum atomic E-state index is 12.8. The number of phenolic OH excluding ortho intramolecular Hbond substituents is 2. The van der Waals surface area contributed by atoms with Gasteiger partial charge in [0.05, 0.1) is 12.5 Å². The van der Waals surface area contributed by atoms with Crippen LogP contribution in [0.3, 0.4) is 0 Å². The van der Waals surface area contributed by atoms with Crippen molar-refractivity contribution >= 4 is 5.78 Å². The smallest absolute Gasteiger partial charge is 0.231 e. The van der Waals surface area contributed by atoms with Gasteiger partial charge in [-0.05, 0) is 31.0 Å². The van der Waals surface area contributed by atoms with Crippen LogP contribution in [0.25, 0.3) is 0 Å². The first kappa shape index (κ1) is 14.7. The second-order valence-corrected chi connectivity index (χ2v) is 6.01. The van der Waals surface area contributed by atoms with Crippen LogP contribution in [0, 0.1) is 12.8 Å². The molecule has 4 rings (SSSR count). The summed E-state index contributed by atoms with van der Waals surface area (Å²) in [6.45, 7) is 2.05. The van der Waals surface area contributed by atoms with Crippen molar-refractivity contribution in [3.05, 3.63) is 41.0 Å². The third kappa shape index (κ3) is 2.22. The van der Waals surface area contributed by atoms with E-state index in [1.54, 1.807) is 6.92 Å². The average molecular weight is 328 g/mol. The highest BCUT2D eigenvalue weighted by Crippen LogP contribution is 2.42. The van der Waals surface area contributed by atoms with Crippen LogP contribution >= 0.6 is 0 Å². The van der Waals surface area contributed by atoms with E-state index in [2.05, 4.69) is 0 Å². The summed E-state index contributed by atoms with van der Waals surface area (Å²) in [4.78, 5) is 12.8. The lowest BCUT2D eigenvalue weighted by Gasteiger charge is -2.26. The SMILES string of the molecule is Cc1c(O)cc(O)c2c1OC[C@H](Cc1ccc3c(c1)OCO3)C2=O. The molecule has 2 aromatic carbocycles. The van der Waals surface area contributed by atoms with Crippen LogP contribution in [-0.4, -0.2) is 29.4 Å². The molecule has 0 unspecified atom stereocenters. The number of hydrogen-bond acceptors (Lipinski definition) is 6. The molecule has 6 heteroatoms. The summed E-state index contributed by atoms with van der Waals surface area (Å²) in [5.41, 5.74) is 1.53. The number of ether oxygens (including phenoxy) is 3. The van der Waals surface area contributed by atoms with Gasteiger partial charge in [-0.15, -0.1) is 0 Å². The van der Waals surface area contributed by atoms with Gasteiger partial charge in [-0.3, -0.25) is 4.79 Å². The summed E-state index contributed by atoms with van der Waals surface area (Å²) in [5, 5.41) is 19.8. The summed E-state index contributed by atoms with van der Waals surface area (Å²) < 4.78 is 16.3. The highest BCUT2D eigenvalue weighted by Gasteiger charge is 2.33. The standard InChI is InChI=1S/C18H16O6/c1-9-12(19)6-13(20)16-17(21)11(7-22-18(9)16)4-10-2-3-14-15(5-10)24-8-23-14/h2-3,5-6,11,19-20H,4,7-8H2,1H3/t11-/m0/s1. The molecule has 0 aliphatic carbocycles. The normalized spacial score (nSPS) is 18.2. The van der Waals surface area contributed by atoms with Crippen molar-refractivity contribution in [1.82, 2.24) is 0 Å².